The molecule has 1 aromatic rings. The van der Waals surface area contributed by atoms with Crippen LogP contribution in [-0.2, 0) is 4.74 Å². The van der Waals surface area contributed by atoms with Gasteiger partial charge in [0.2, 0.25) is 0 Å². The SMILES string of the molecule is CC(C)(C)OC(=O)c1ccc(NC2CCCCC2)c(N)c1. The highest BCUT2D eigenvalue weighted by Gasteiger charge is 2.19. The minimum absolute atomic E-state index is 0.335. The topological polar surface area (TPSA) is 64.3 Å². The van der Waals surface area contributed by atoms with Gasteiger partial charge in [-0.2, -0.15) is 0 Å². The van der Waals surface area contributed by atoms with Crippen LogP contribution in [0.2, 0.25) is 0 Å². The third kappa shape index (κ3) is 4.66. The zero-order valence-electron chi connectivity index (χ0n) is 13.2. The molecule has 0 aromatic heterocycles. The van der Waals surface area contributed by atoms with Crippen LogP contribution in [0.1, 0.15) is 63.2 Å². The normalized spacial score (nSPS) is 16.5. The van der Waals surface area contributed by atoms with Crippen molar-refractivity contribution in [1.29, 1.82) is 0 Å². The number of rotatable bonds is 3. The number of hydrogen-bond donors (Lipinski definition) is 2. The summed E-state index contributed by atoms with van der Waals surface area (Å²) in [6, 6.07) is 5.84. The maximum absolute atomic E-state index is 12.0. The van der Waals surface area contributed by atoms with Crippen molar-refractivity contribution < 1.29 is 9.53 Å². The van der Waals surface area contributed by atoms with Crippen LogP contribution in [0.15, 0.2) is 18.2 Å². The molecule has 116 valence electrons. The Labute approximate surface area is 127 Å². The van der Waals surface area contributed by atoms with Crippen LogP contribution >= 0.6 is 0 Å². The van der Waals surface area contributed by atoms with Crippen LogP contribution in [0.3, 0.4) is 0 Å². The molecule has 0 radical (unpaired) electrons. The summed E-state index contributed by atoms with van der Waals surface area (Å²) in [6.45, 7) is 5.56. The molecule has 1 saturated carbocycles. The first-order chi connectivity index (χ1) is 9.85. The zero-order valence-corrected chi connectivity index (χ0v) is 13.2. The molecule has 1 aliphatic carbocycles. The van der Waals surface area contributed by atoms with Gasteiger partial charge in [0.1, 0.15) is 5.60 Å². The lowest BCUT2D eigenvalue weighted by atomic mass is 9.95. The molecule has 0 unspecified atom stereocenters. The van der Waals surface area contributed by atoms with E-state index in [2.05, 4.69) is 5.32 Å². The predicted molar refractivity (Wildman–Crippen MR) is 86.5 cm³/mol. The molecular formula is C17H26N2O2. The summed E-state index contributed by atoms with van der Waals surface area (Å²) in [6.07, 6.45) is 6.24. The van der Waals surface area contributed by atoms with Crippen LogP contribution in [-0.4, -0.2) is 17.6 Å². The highest BCUT2D eigenvalue weighted by molar-refractivity contribution is 5.92. The third-order valence-electron chi connectivity index (χ3n) is 3.65. The van der Waals surface area contributed by atoms with Gasteiger partial charge in [0.25, 0.3) is 0 Å². The van der Waals surface area contributed by atoms with Crippen LogP contribution in [0, 0.1) is 0 Å². The molecule has 0 heterocycles. The smallest absolute Gasteiger partial charge is 0.338 e. The van der Waals surface area contributed by atoms with Gasteiger partial charge >= 0.3 is 5.97 Å². The Bertz CT molecular complexity index is 500. The van der Waals surface area contributed by atoms with Crippen molar-refractivity contribution in [2.24, 2.45) is 0 Å². The molecule has 3 N–H and O–H groups in total. The molecule has 1 aromatic carbocycles. The van der Waals surface area contributed by atoms with E-state index in [0.29, 0.717) is 17.3 Å². The maximum atomic E-state index is 12.0. The second-order valence-corrected chi connectivity index (χ2v) is 6.78. The average Bonchev–Trinajstić information content (AvgIpc) is 2.40. The van der Waals surface area contributed by atoms with E-state index in [1.807, 2.05) is 26.8 Å². The number of carbonyl (C=O) groups is 1. The number of nitrogens with two attached hydrogens (primary N) is 1. The van der Waals surface area contributed by atoms with E-state index in [0.717, 1.165) is 5.69 Å². The highest BCUT2D eigenvalue weighted by Crippen LogP contribution is 2.26. The number of hydrogen-bond acceptors (Lipinski definition) is 4. The monoisotopic (exact) mass is 290 g/mol. The number of esters is 1. The van der Waals surface area contributed by atoms with E-state index in [9.17, 15) is 4.79 Å². The minimum Gasteiger partial charge on any atom is -0.456 e. The fraction of sp³-hybridized carbons (Fsp3) is 0.588. The van der Waals surface area contributed by atoms with Gasteiger partial charge < -0.3 is 15.8 Å². The molecule has 0 saturated heterocycles. The van der Waals surface area contributed by atoms with Crippen LogP contribution in [0.5, 0.6) is 0 Å². The molecule has 0 amide bonds. The molecule has 1 aliphatic rings. The summed E-state index contributed by atoms with van der Waals surface area (Å²) in [7, 11) is 0. The Morgan fingerprint density at radius 1 is 1.24 bits per heavy atom. The molecule has 4 nitrogen and oxygen atoms in total. The summed E-state index contributed by atoms with van der Waals surface area (Å²) < 4.78 is 5.35. The number of ether oxygens (including phenoxy) is 1. The lowest BCUT2D eigenvalue weighted by Gasteiger charge is -2.25. The molecule has 0 atom stereocenters. The van der Waals surface area contributed by atoms with Crippen molar-refractivity contribution in [2.45, 2.75) is 64.5 Å². The van der Waals surface area contributed by atoms with Gasteiger partial charge in [0, 0.05) is 6.04 Å². The fourth-order valence-corrected chi connectivity index (χ4v) is 2.63. The van der Waals surface area contributed by atoms with Crippen molar-refractivity contribution >= 4 is 17.3 Å². The van der Waals surface area contributed by atoms with Gasteiger partial charge in [-0.3, -0.25) is 0 Å². The summed E-state index contributed by atoms with van der Waals surface area (Å²) >= 11 is 0. The molecule has 0 aliphatic heterocycles. The first-order valence-electron chi connectivity index (χ1n) is 7.74. The van der Waals surface area contributed by atoms with Crippen molar-refractivity contribution in [1.82, 2.24) is 0 Å². The number of anilines is 2. The van der Waals surface area contributed by atoms with Gasteiger partial charge in [-0.25, -0.2) is 4.79 Å². The van der Waals surface area contributed by atoms with Gasteiger partial charge in [0.15, 0.2) is 0 Å². The van der Waals surface area contributed by atoms with Gasteiger partial charge in [-0.15, -0.1) is 0 Å². The Hall–Kier alpha value is -1.71. The Balaban J connectivity index is 2.04. The second kappa shape index (κ2) is 6.37. The highest BCUT2D eigenvalue weighted by atomic mass is 16.6. The third-order valence-corrected chi connectivity index (χ3v) is 3.65. The lowest BCUT2D eigenvalue weighted by Crippen LogP contribution is -2.24. The molecule has 0 spiro atoms. The first-order valence-corrected chi connectivity index (χ1v) is 7.74. The summed E-state index contributed by atoms with van der Waals surface area (Å²) in [4.78, 5) is 12.0. The van der Waals surface area contributed by atoms with E-state index in [1.54, 1.807) is 12.1 Å². The largest absolute Gasteiger partial charge is 0.456 e. The van der Waals surface area contributed by atoms with Gasteiger partial charge in [-0.1, -0.05) is 19.3 Å². The lowest BCUT2D eigenvalue weighted by molar-refractivity contribution is 0.00696. The molecule has 4 heteroatoms. The van der Waals surface area contributed by atoms with E-state index < -0.39 is 5.60 Å². The van der Waals surface area contributed by atoms with Crippen LogP contribution in [0.4, 0.5) is 11.4 Å². The Morgan fingerprint density at radius 3 is 2.48 bits per heavy atom. The van der Waals surface area contributed by atoms with Crippen molar-refractivity contribution in [3.05, 3.63) is 23.8 Å². The predicted octanol–water partition coefficient (Wildman–Crippen LogP) is 3.97. The molecule has 0 bridgehead atoms. The number of nitrogens with one attached hydrogen (secondary N) is 1. The minimum atomic E-state index is -0.495. The fourth-order valence-electron chi connectivity index (χ4n) is 2.63. The zero-order chi connectivity index (χ0) is 15.5. The summed E-state index contributed by atoms with van der Waals surface area (Å²) in [5.74, 6) is -0.335. The summed E-state index contributed by atoms with van der Waals surface area (Å²) in [5, 5.41) is 3.49. The van der Waals surface area contributed by atoms with Gasteiger partial charge in [-0.05, 0) is 51.8 Å². The number of carbonyl (C=O) groups excluding carboxylic acids is 1. The van der Waals surface area contributed by atoms with Crippen molar-refractivity contribution in [3.63, 3.8) is 0 Å². The molecule has 2 rings (SSSR count). The van der Waals surface area contributed by atoms with E-state index >= 15 is 0 Å². The van der Waals surface area contributed by atoms with E-state index in [4.69, 9.17) is 10.5 Å². The summed E-state index contributed by atoms with van der Waals surface area (Å²) in [5.41, 5.74) is 7.58. The van der Waals surface area contributed by atoms with E-state index in [-0.39, 0.29) is 5.97 Å². The van der Waals surface area contributed by atoms with E-state index in [1.165, 1.54) is 32.1 Å². The molecule has 21 heavy (non-hydrogen) atoms. The quantitative estimate of drug-likeness (QED) is 0.653. The number of nitrogen functional groups attached to an aromatic ring is 1. The van der Waals surface area contributed by atoms with Crippen LogP contribution in [0.25, 0.3) is 0 Å². The standard InChI is InChI=1S/C17H26N2O2/c1-17(2,3)21-16(20)12-9-10-15(14(18)11-12)19-13-7-5-4-6-8-13/h9-11,13,19H,4-8,18H2,1-3H3. The van der Waals surface area contributed by atoms with Gasteiger partial charge in [0.05, 0.1) is 16.9 Å². The molecular weight excluding hydrogens is 264 g/mol. The van der Waals surface area contributed by atoms with Crippen LogP contribution < -0.4 is 11.1 Å². The Kier molecular flexibility index (Phi) is 4.76. The second-order valence-electron chi connectivity index (χ2n) is 6.78. The Morgan fingerprint density at radius 2 is 1.90 bits per heavy atom. The molecule has 1 fully saturated rings. The first kappa shape index (κ1) is 15.7. The van der Waals surface area contributed by atoms with Crippen molar-refractivity contribution in [2.75, 3.05) is 11.1 Å². The van der Waals surface area contributed by atoms with Crippen molar-refractivity contribution in [3.8, 4) is 0 Å². The maximum Gasteiger partial charge on any atom is 0.338 e. The number of benzene rings is 1. The average molecular weight is 290 g/mol.